The van der Waals surface area contributed by atoms with E-state index < -0.39 is 0 Å². The molecule has 2 aromatic heterocycles. The topological polar surface area (TPSA) is 66.5 Å². The zero-order valence-electron chi connectivity index (χ0n) is 10.3. The number of aromatic amines is 1. The number of alkyl halides is 1. The Balaban J connectivity index is 2.04. The molecule has 2 heterocycles. The summed E-state index contributed by atoms with van der Waals surface area (Å²) in [6, 6.07) is 7.88. The quantitative estimate of drug-likeness (QED) is 0.718. The van der Waals surface area contributed by atoms with E-state index in [1.807, 2.05) is 31.2 Å². The van der Waals surface area contributed by atoms with Gasteiger partial charge in [0.2, 0.25) is 0 Å². The summed E-state index contributed by atoms with van der Waals surface area (Å²) in [5.74, 6) is 0.687. The van der Waals surface area contributed by atoms with Crippen molar-refractivity contribution < 1.29 is 0 Å². The maximum atomic E-state index is 6.18. The second-order valence-corrected chi connectivity index (χ2v) is 4.81. The van der Waals surface area contributed by atoms with Crippen LogP contribution in [0.2, 0.25) is 0 Å². The van der Waals surface area contributed by atoms with E-state index in [1.54, 1.807) is 6.33 Å². The lowest BCUT2D eigenvalue weighted by atomic mass is 10.1. The third kappa shape index (κ3) is 2.24. The highest BCUT2D eigenvalue weighted by Crippen LogP contribution is 2.30. The highest BCUT2D eigenvalue weighted by atomic mass is 35.5. The lowest BCUT2D eigenvalue weighted by Gasteiger charge is -2.12. The van der Waals surface area contributed by atoms with Crippen LogP contribution in [-0.2, 0) is 0 Å². The van der Waals surface area contributed by atoms with Gasteiger partial charge in [-0.2, -0.15) is 0 Å². The SMILES string of the molecule is CC(Cl)c1ccccc1Nc1ncnc2nc[nH]c12. The van der Waals surface area contributed by atoms with Crippen molar-refractivity contribution in [2.24, 2.45) is 0 Å². The van der Waals surface area contributed by atoms with E-state index in [4.69, 9.17) is 11.6 Å². The van der Waals surface area contributed by atoms with Gasteiger partial charge in [-0.25, -0.2) is 15.0 Å². The summed E-state index contributed by atoms with van der Waals surface area (Å²) in [6.07, 6.45) is 3.08. The fraction of sp³-hybridized carbons (Fsp3) is 0.154. The molecule has 96 valence electrons. The molecule has 0 aliphatic rings. The normalized spacial score (nSPS) is 12.5. The number of para-hydroxylation sites is 1. The molecule has 0 bridgehead atoms. The first-order chi connectivity index (χ1) is 9.25. The number of imidazole rings is 1. The Morgan fingerprint density at radius 1 is 1.21 bits per heavy atom. The van der Waals surface area contributed by atoms with Crippen molar-refractivity contribution in [3.63, 3.8) is 0 Å². The van der Waals surface area contributed by atoms with Gasteiger partial charge in [0, 0.05) is 5.69 Å². The standard InChI is InChI=1S/C13H12ClN5/c1-8(14)9-4-2-3-5-10(9)19-13-11-12(16-6-15-11)17-7-18-13/h2-8H,1H3,(H2,15,16,17,18,19). The van der Waals surface area contributed by atoms with Gasteiger partial charge in [-0.15, -0.1) is 11.6 Å². The Labute approximate surface area is 115 Å². The Kier molecular flexibility index (Phi) is 3.05. The van der Waals surface area contributed by atoms with Crippen LogP contribution in [-0.4, -0.2) is 19.9 Å². The minimum absolute atomic E-state index is 0.0807. The largest absolute Gasteiger partial charge is 0.340 e. The zero-order chi connectivity index (χ0) is 13.2. The number of hydrogen-bond acceptors (Lipinski definition) is 4. The smallest absolute Gasteiger partial charge is 0.182 e. The van der Waals surface area contributed by atoms with Crippen LogP contribution in [0.25, 0.3) is 11.2 Å². The average Bonchev–Trinajstić information content (AvgIpc) is 2.88. The second-order valence-electron chi connectivity index (χ2n) is 4.15. The molecular weight excluding hydrogens is 262 g/mol. The summed E-state index contributed by atoms with van der Waals surface area (Å²) in [5.41, 5.74) is 3.36. The number of rotatable bonds is 3. The van der Waals surface area contributed by atoms with Gasteiger partial charge in [0.05, 0.1) is 11.7 Å². The van der Waals surface area contributed by atoms with Crippen molar-refractivity contribution in [3.8, 4) is 0 Å². The third-order valence-electron chi connectivity index (χ3n) is 2.87. The number of fused-ring (bicyclic) bond motifs is 1. The number of H-pyrrole nitrogens is 1. The fourth-order valence-electron chi connectivity index (χ4n) is 1.95. The minimum Gasteiger partial charge on any atom is -0.340 e. The summed E-state index contributed by atoms with van der Waals surface area (Å²) in [6.45, 7) is 1.94. The maximum Gasteiger partial charge on any atom is 0.182 e. The lowest BCUT2D eigenvalue weighted by molar-refractivity contribution is 1.08. The Bertz CT molecular complexity index is 707. The fourth-order valence-corrected chi connectivity index (χ4v) is 2.14. The number of hydrogen-bond donors (Lipinski definition) is 2. The molecule has 5 nitrogen and oxygen atoms in total. The monoisotopic (exact) mass is 273 g/mol. The van der Waals surface area contributed by atoms with E-state index in [2.05, 4.69) is 25.3 Å². The number of halogens is 1. The molecule has 1 atom stereocenters. The van der Waals surface area contributed by atoms with Gasteiger partial charge in [-0.05, 0) is 18.6 Å². The maximum absolute atomic E-state index is 6.18. The van der Waals surface area contributed by atoms with Gasteiger partial charge in [-0.3, -0.25) is 0 Å². The number of nitrogens with zero attached hydrogens (tertiary/aromatic N) is 3. The molecule has 1 aromatic carbocycles. The van der Waals surface area contributed by atoms with E-state index in [-0.39, 0.29) is 5.38 Å². The van der Waals surface area contributed by atoms with E-state index in [0.717, 1.165) is 16.8 Å². The molecule has 0 saturated carbocycles. The summed E-state index contributed by atoms with van der Waals surface area (Å²) >= 11 is 6.18. The predicted molar refractivity (Wildman–Crippen MR) is 75.7 cm³/mol. The second kappa shape index (κ2) is 4.85. The van der Waals surface area contributed by atoms with Gasteiger partial charge in [0.25, 0.3) is 0 Å². The minimum atomic E-state index is -0.0807. The first kappa shape index (κ1) is 11.9. The van der Waals surface area contributed by atoms with Crippen LogP contribution in [0.3, 0.4) is 0 Å². The van der Waals surface area contributed by atoms with E-state index in [9.17, 15) is 0 Å². The van der Waals surface area contributed by atoms with Crippen LogP contribution in [0.1, 0.15) is 17.9 Å². The molecule has 0 fully saturated rings. The molecule has 0 amide bonds. The zero-order valence-corrected chi connectivity index (χ0v) is 11.0. The van der Waals surface area contributed by atoms with Crippen molar-refractivity contribution in [1.29, 1.82) is 0 Å². The average molecular weight is 274 g/mol. The van der Waals surface area contributed by atoms with Crippen LogP contribution in [0.15, 0.2) is 36.9 Å². The molecule has 19 heavy (non-hydrogen) atoms. The first-order valence-corrected chi connectivity index (χ1v) is 6.33. The molecular formula is C13H12ClN5. The van der Waals surface area contributed by atoms with Crippen LogP contribution in [0, 0.1) is 0 Å². The molecule has 2 N–H and O–H groups in total. The Morgan fingerprint density at radius 3 is 2.89 bits per heavy atom. The predicted octanol–water partition coefficient (Wildman–Crippen LogP) is 3.40. The van der Waals surface area contributed by atoms with Gasteiger partial charge in [0.15, 0.2) is 11.5 Å². The summed E-state index contributed by atoms with van der Waals surface area (Å²) < 4.78 is 0. The number of anilines is 2. The van der Waals surface area contributed by atoms with E-state index in [0.29, 0.717) is 11.5 Å². The van der Waals surface area contributed by atoms with Crippen molar-refractivity contribution in [2.45, 2.75) is 12.3 Å². The van der Waals surface area contributed by atoms with Crippen LogP contribution in [0.4, 0.5) is 11.5 Å². The van der Waals surface area contributed by atoms with Gasteiger partial charge < -0.3 is 10.3 Å². The van der Waals surface area contributed by atoms with Crippen molar-refractivity contribution in [1.82, 2.24) is 19.9 Å². The van der Waals surface area contributed by atoms with Crippen molar-refractivity contribution >= 4 is 34.3 Å². The molecule has 0 spiro atoms. The van der Waals surface area contributed by atoms with Crippen LogP contribution in [0.5, 0.6) is 0 Å². The highest BCUT2D eigenvalue weighted by molar-refractivity contribution is 6.21. The molecule has 0 aliphatic heterocycles. The van der Waals surface area contributed by atoms with Crippen molar-refractivity contribution in [2.75, 3.05) is 5.32 Å². The number of nitrogens with one attached hydrogen (secondary N) is 2. The Hall–Kier alpha value is -2.14. The molecule has 6 heteroatoms. The number of aromatic nitrogens is 4. The molecule has 3 rings (SSSR count). The summed E-state index contributed by atoms with van der Waals surface area (Å²) in [5, 5.41) is 3.20. The number of benzene rings is 1. The molecule has 3 aromatic rings. The molecule has 0 aliphatic carbocycles. The molecule has 1 unspecified atom stereocenters. The lowest BCUT2D eigenvalue weighted by Crippen LogP contribution is -1.99. The van der Waals surface area contributed by atoms with Crippen LogP contribution >= 0.6 is 11.6 Å². The third-order valence-corrected chi connectivity index (χ3v) is 3.10. The summed E-state index contributed by atoms with van der Waals surface area (Å²) in [7, 11) is 0. The van der Waals surface area contributed by atoms with E-state index >= 15 is 0 Å². The van der Waals surface area contributed by atoms with Crippen molar-refractivity contribution in [3.05, 3.63) is 42.5 Å². The van der Waals surface area contributed by atoms with E-state index in [1.165, 1.54) is 6.33 Å². The molecule has 0 radical (unpaired) electrons. The summed E-state index contributed by atoms with van der Waals surface area (Å²) in [4.78, 5) is 15.5. The molecule has 0 saturated heterocycles. The highest BCUT2D eigenvalue weighted by Gasteiger charge is 2.10. The van der Waals surface area contributed by atoms with Crippen LogP contribution < -0.4 is 5.32 Å². The first-order valence-electron chi connectivity index (χ1n) is 5.90. The van der Waals surface area contributed by atoms with Gasteiger partial charge in [-0.1, -0.05) is 18.2 Å². The van der Waals surface area contributed by atoms with Gasteiger partial charge in [0.1, 0.15) is 11.8 Å². The van der Waals surface area contributed by atoms with Gasteiger partial charge >= 0.3 is 0 Å². The Morgan fingerprint density at radius 2 is 2.05 bits per heavy atom.